The average Bonchev–Trinajstić information content (AvgIpc) is 2.85. The van der Waals surface area contributed by atoms with Crippen molar-refractivity contribution >= 4 is 28.0 Å². The molecule has 1 aliphatic carbocycles. The van der Waals surface area contributed by atoms with E-state index in [1.165, 1.54) is 18.2 Å². The van der Waals surface area contributed by atoms with Crippen LogP contribution >= 0.6 is 0 Å². The number of hydrogen-bond acceptors (Lipinski definition) is 5. The van der Waals surface area contributed by atoms with Crippen LogP contribution in [-0.2, 0) is 0 Å². The zero-order chi connectivity index (χ0) is 17.6. The highest BCUT2D eigenvalue weighted by Crippen LogP contribution is 2.39. The molecular formula is C20H15NO4. The van der Waals surface area contributed by atoms with E-state index in [0.29, 0.717) is 34.7 Å². The Labute approximate surface area is 143 Å². The Balaban J connectivity index is 1.95. The van der Waals surface area contributed by atoms with Gasteiger partial charge in [0.25, 0.3) is 0 Å². The van der Waals surface area contributed by atoms with Gasteiger partial charge in [0.15, 0.2) is 5.78 Å². The summed E-state index contributed by atoms with van der Waals surface area (Å²) in [5.74, 6) is 0.0923. The van der Waals surface area contributed by atoms with E-state index in [4.69, 9.17) is 4.74 Å². The summed E-state index contributed by atoms with van der Waals surface area (Å²) in [5.41, 5.74) is 1.80. The molecule has 1 aromatic heterocycles. The maximum absolute atomic E-state index is 12.7. The van der Waals surface area contributed by atoms with Crippen LogP contribution in [0.2, 0.25) is 0 Å². The molecule has 1 aliphatic rings. The van der Waals surface area contributed by atoms with E-state index >= 15 is 0 Å². The number of nitrogens with zero attached hydrogens (tertiary/aromatic N) is 1. The number of allylic oxidation sites excluding steroid dienone is 1. The quantitative estimate of drug-likeness (QED) is 0.758. The number of ketones is 1. The summed E-state index contributed by atoms with van der Waals surface area (Å²) in [6, 6.07) is 13.4. The van der Waals surface area contributed by atoms with Crippen molar-refractivity contribution in [2.45, 2.75) is 6.92 Å². The van der Waals surface area contributed by atoms with Gasteiger partial charge in [-0.15, -0.1) is 0 Å². The van der Waals surface area contributed by atoms with Gasteiger partial charge < -0.3 is 14.9 Å². The first-order valence-corrected chi connectivity index (χ1v) is 7.94. The third kappa shape index (κ3) is 2.32. The number of para-hydroxylation sites is 1. The third-order valence-corrected chi connectivity index (χ3v) is 4.20. The number of carbonyl (C=O) groups excluding carboxylic acids is 1. The lowest BCUT2D eigenvalue weighted by Crippen LogP contribution is -2.02. The first kappa shape index (κ1) is 15.2. The summed E-state index contributed by atoms with van der Waals surface area (Å²) in [4.78, 5) is 17.3. The number of phenols is 1. The number of fused-ring (bicyclic) bond motifs is 2. The number of phenolic OH excluding ortho intramolecular Hbond substituents is 1. The van der Waals surface area contributed by atoms with Crippen molar-refractivity contribution in [3.63, 3.8) is 0 Å². The molecule has 4 rings (SSSR count). The summed E-state index contributed by atoms with van der Waals surface area (Å²) in [6.45, 7) is 2.35. The number of rotatable bonds is 3. The average molecular weight is 333 g/mol. The topological polar surface area (TPSA) is 79.6 Å². The van der Waals surface area contributed by atoms with Crippen molar-refractivity contribution in [2.24, 2.45) is 0 Å². The van der Waals surface area contributed by atoms with Crippen molar-refractivity contribution in [2.75, 3.05) is 6.61 Å². The minimum atomic E-state index is -0.322. The number of aliphatic hydroxyl groups excluding tert-OH is 1. The number of pyridine rings is 1. The number of Topliss-reactive ketones (excluding diaryl/α,β-unsaturated/α-hetero) is 1. The van der Waals surface area contributed by atoms with Crippen LogP contribution in [0.15, 0.2) is 48.5 Å². The fraction of sp³-hybridized carbons (Fsp3) is 0.100. The number of benzene rings is 2. The molecule has 124 valence electrons. The van der Waals surface area contributed by atoms with E-state index in [1.807, 2.05) is 31.2 Å². The van der Waals surface area contributed by atoms with Crippen molar-refractivity contribution in [3.05, 3.63) is 65.4 Å². The molecule has 3 aromatic rings. The molecule has 0 spiro atoms. The molecular weight excluding hydrogens is 318 g/mol. The Hall–Kier alpha value is -3.34. The van der Waals surface area contributed by atoms with Crippen LogP contribution in [-0.4, -0.2) is 27.6 Å². The number of hydrogen-bond donors (Lipinski definition) is 2. The molecule has 5 nitrogen and oxygen atoms in total. The molecule has 25 heavy (non-hydrogen) atoms. The first-order chi connectivity index (χ1) is 12.1. The molecule has 0 unspecified atom stereocenters. The minimum Gasteiger partial charge on any atom is -0.508 e. The predicted octanol–water partition coefficient (Wildman–Crippen LogP) is 3.96. The number of carbonyl (C=O) groups is 1. The monoisotopic (exact) mass is 333 g/mol. The molecule has 5 heteroatoms. The van der Waals surface area contributed by atoms with E-state index < -0.39 is 0 Å². The van der Waals surface area contributed by atoms with Gasteiger partial charge in [0.05, 0.1) is 23.4 Å². The molecule has 0 aliphatic heterocycles. The second-order valence-electron chi connectivity index (χ2n) is 5.74. The zero-order valence-electron chi connectivity index (χ0n) is 13.5. The molecule has 2 N–H and O–H groups in total. The minimum absolute atomic E-state index is 0.0131. The Morgan fingerprint density at radius 1 is 1.04 bits per heavy atom. The van der Waals surface area contributed by atoms with E-state index in [0.717, 1.165) is 5.39 Å². The largest absolute Gasteiger partial charge is 0.508 e. The molecule has 2 aromatic carbocycles. The van der Waals surface area contributed by atoms with Gasteiger partial charge in [0.2, 0.25) is 0 Å². The Bertz CT molecular complexity index is 1050. The predicted molar refractivity (Wildman–Crippen MR) is 94.8 cm³/mol. The molecule has 0 saturated carbocycles. The van der Waals surface area contributed by atoms with Crippen molar-refractivity contribution in [1.29, 1.82) is 0 Å². The van der Waals surface area contributed by atoms with Crippen molar-refractivity contribution < 1.29 is 19.7 Å². The van der Waals surface area contributed by atoms with Gasteiger partial charge in [-0.3, -0.25) is 4.79 Å². The first-order valence-electron chi connectivity index (χ1n) is 7.94. The zero-order valence-corrected chi connectivity index (χ0v) is 13.5. The number of ether oxygens (including phenoxy) is 1. The fourth-order valence-corrected chi connectivity index (χ4v) is 3.09. The van der Waals surface area contributed by atoms with Gasteiger partial charge >= 0.3 is 0 Å². The third-order valence-electron chi connectivity index (χ3n) is 4.20. The summed E-state index contributed by atoms with van der Waals surface area (Å²) in [5, 5.41) is 21.0. The normalized spacial score (nSPS) is 13.4. The van der Waals surface area contributed by atoms with E-state index in [9.17, 15) is 15.0 Å². The highest BCUT2D eigenvalue weighted by Gasteiger charge is 2.32. The lowest BCUT2D eigenvalue weighted by atomic mass is 10.0. The standard InChI is InChI=1S/C20H15NO4/c1-2-25-17-10-16(21-15-6-4-3-5-13(15)17)18-19(23)12-8-7-11(22)9-14(12)20(18)24/h3-10,22,24H,2H2,1H3. The maximum atomic E-state index is 12.7. The van der Waals surface area contributed by atoms with Crippen molar-refractivity contribution in [3.8, 4) is 11.5 Å². The van der Waals surface area contributed by atoms with Gasteiger partial charge in [-0.2, -0.15) is 0 Å². The second-order valence-corrected chi connectivity index (χ2v) is 5.74. The Kier molecular flexibility index (Phi) is 3.42. The van der Waals surface area contributed by atoms with Gasteiger partial charge in [-0.25, -0.2) is 4.98 Å². The molecule has 0 fully saturated rings. The van der Waals surface area contributed by atoms with Gasteiger partial charge in [0, 0.05) is 22.6 Å². The van der Waals surface area contributed by atoms with Gasteiger partial charge in [0.1, 0.15) is 17.3 Å². The van der Waals surface area contributed by atoms with E-state index in [-0.39, 0.29) is 22.9 Å². The van der Waals surface area contributed by atoms with Crippen LogP contribution in [0.25, 0.3) is 22.2 Å². The molecule has 1 heterocycles. The highest BCUT2D eigenvalue weighted by atomic mass is 16.5. The summed E-state index contributed by atoms with van der Waals surface area (Å²) in [7, 11) is 0. The number of aromatic hydroxyl groups is 1. The smallest absolute Gasteiger partial charge is 0.199 e. The Morgan fingerprint density at radius 3 is 2.64 bits per heavy atom. The molecule has 0 saturated heterocycles. The van der Waals surface area contributed by atoms with Crippen molar-refractivity contribution in [1.82, 2.24) is 4.98 Å². The molecule has 0 amide bonds. The SMILES string of the molecule is CCOc1cc(C2=C(O)c3cc(O)ccc3C2=O)nc2ccccc12. The number of aliphatic hydroxyl groups is 1. The maximum Gasteiger partial charge on any atom is 0.199 e. The van der Waals surface area contributed by atoms with Crippen LogP contribution in [0, 0.1) is 0 Å². The lowest BCUT2D eigenvalue weighted by molar-refractivity contribution is 0.105. The van der Waals surface area contributed by atoms with Crippen LogP contribution < -0.4 is 4.74 Å². The summed E-state index contributed by atoms with van der Waals surface area (Å²) >= 11 is 0. The molecule has 0 radical (unpaired) electrons. The van der Waals surface area contributed by atoms with Crippen LogP contribution in [0.4, 0.5) is 0 Å². The number of aromatic nitrogens is 1. The van der Waals surface area contributed by atoms with Crippen LogP contribution in [0.1, 0.15) is 28.5 Å². The summed E-state index contributed by atoms with van der Waals surface area (Å²) < 4.78 is 5.69. The van der Waals surface area contributed by atoms with Crippen LogP contribution in [0.5, 0.6) is 11.5 Å². The Morgan fingerprint density at radius 2 is 1.84 bits per heavy atom. The van der Waals surface area contributed by atoms with Gasteiger partial charge in [-0.05, 0) is 37.3 Å². The second kappa shape index (κ2) is 5.63. The van der Waals surface area contributed by atoms with E-state index in [2.05, 4.69) is 4.98 Å². The summed E-state index contributed by atoms with van der Waals surface area (Å²) in [6.07, 6.45) is 0. The van der Waals surface area contributed by atoms with Gasteiger partial charge in [-0.1, -0.05) is 12.1 Å². The molecule has 0 atom stereocenters. The highest BCUT2D eigenvalue weighted by molar-refractivity contribution is 6.38. The van der Waals surface area contributed by atoms with E-state index in [1.54, 1.807) is 6.07 Å². The molecule has 0 bridgehead atoms. The fourth-order valence-electron chi connectivity index (χ4n) is 3.09. The lowest BCUT2D eigenvalue weighted by Gasteiger charge is -2.10. The van der Waals surface area contributed by atoms with Crippen LogP contribution in [0.3, 0.4) is 0 Å².